The minimum Gasteiger partial charge on any atom is -0.274 e. The standard InChI is InChI=1S/C11H11Cl2NO2/c1-14(16-2)10(15)7-6-8-4-3-5-9(12)11(8)13/h3-7H,1-2H3. The highest BCUT2D eigenvalue weighted by molar-refractivity contribution is 6.42. The summed E-state index contributed by atoms with van der Waals surface area (Å²) in [6.45, 7) is 0. The number of carbonyl (C=O) groups is 1. The van der Waals surface area contributed by atoms with Crippen molar-refractivity contribution in [1.82, 2.24) is 5.06 Å². The molecule has 3 nitrogen and oxygen atoms in total. The summed E-state index contributed by atoms with van der Waals surface area (Å²) in [6.07, 6.45) is 2.95. The molecule has 0 saturated heterocycles. The second-order valence-electron chi connectivity index (χ2n) is 2.99. The van der Waals surface area contributed by atoms with Crippen LogP contribution >= 0.6 is 23.2 Å². The van der Waals surface area contributed by atoms with Crippen LogP contribution in [-0.2, 0) is 9.63 Å². The molecular formula is C11H11Cl2NO2. The minimum atomic E-state index is -0.279. The third-order valence-corrected chi connectivity index (χ3v) is 2.80. The Morgan fingerprint density at radius 1 is 1.44 bits per heavy atom. The molecule has 0 bridgehead atoms. The van der Waals surface area contributed by atoms with E-state index in [1.165, 1.54) is 20.2 Å². The molecule has 0 aliphatic heterocycles. The molecule has 86 valence electrons. The predicted octanol–water partition coefficient (Wildman–Crippen LogP) is 3.03. The lowest BCUT2D eigenvalue weighted by molar-refractivity contribution is -0.162. The molecule has 16 heavy (non-hydrogen) atoms. The number of rotatable bonds is 3. The third kappa shape index (κ3) is 3.23. The molecule has 0 fully saturated rings. The van der Waals surface area contributed by atoms with Crippen molar-refractivity contribution < 1.29 is 9.63 Å². The van der Waals surface area contributed by atoms with E-state index in [0.717, 1.165) is 5.06 Å². The van der Waals surface area contributed by atoms with E-state index in [1.807, 2.05) is 0 Å². The Bertz CT molecular complexity index is 418. The molecule has 1 aromatic rings. The maximum atomic E-state index is 11.4. The summed E-state index contributed by atoms with van der Waals surface area (Å²) in [5.74, 6) is -0.279. The van der Waals surface area contributed by atoms with Gasteiger partial charge in [-0.1, -0.05) is 35.3 Å². The fourth-order valence-electron chi connectivity index (χ4n) is 1.01. The zero-order valence-corrected chi connectivity index (χ0v) is 10.4. The van der Waals surface area contributed by atoms with Gasteiger partial charge in [0.25, 0.3) is 5.91 Å². The summed E-state index contributed by atoms with van der Waals surface area (Å²) in [6, 6.07) is 5.22. The van der Waals surface area contributed by atoms with Crippen LogP contribution < -0.4 is 0 Å². The lowest BCUT2D eigenvalue weighted by Gasteiger charge is -2.10. The van der Waals surface area contributed by atoms with Gasteiger partial charge in [-0.3, -0.25) is 9.63 Å². The van der Waals surface area contributed by atoms with Crippen LogP contribution in [0.3, 0.4) is 0 Å². The molecule has 0 spiro atoms. The highest BCUT2D eigenvalue weighted by Gasteiger charge is 2.04. The van der Waals surface area contributed by atoms with Crippen molar-refractivity contribution in [3.8, 4) is 0 Å². The van der Waals surface area contributed by atoms with Crippen molar-refractivity contribution in [3.05, 3.63) is 39.9 Å². The summed E-state index contributed by atoms with van der Waals surface area (Å²) in [7, 11) is 2.93. The van der Waals surface area contributed by atoms with E-state index in [4.69, 9.17) is 28.0 Å². The number of hydrogen-bond donors (Lipinski definition) is 0. The monoisotopic (exact) mass is 259 g/mol. The van der Waals surface area contributed by atoms with Gasteiger partial charge in [-0.05, 0) is 17.7 Å². The van der Waals surface area contributed by atoms with E-state index in [1.54, 1.807) is 24.3 Å². The van der Waals surface area contributed by atoms with Gasteiger partial charge in [0.05, 0.1) is 17.2 Å². The summed E-state index contributed by atoms with van der Waals surface area (Å²) in [4.78, 5) is 16.1. The highest BCUT2D eigenvalue weighted by Crippen LogP contribution is 2.26. The number of benzene rings is 1. The molecule has 0 heterocycles. The maximum absolute atomic E-state index is 11.4. The lowest BCUT2D eigenvalue weighted by atomic mass is 10.2. The second-order valence-corrected chi connectivity index (χ2v) is 3.78. The minimum absolute atomic E-state index is 0.279. The van der Waals surface area contributed by atoms with Gasteiger partial charge in [0, 0.05) is 13.1 Å². The molecule has 0 radical (unpaired) electrons. The largest absolute Gasteiger partial charge is 0.274 e. The topological polar surface area (TPSA) is 29.5 Å². The zero-order chi connectivity index (χ0) is 12.1. The van der Waals surface area contributed by atoms with Crippen LogP contribution in [0, 0.1) is 0 Å². The van der Waals surface area contributed by atoms with E-state index in [9.17, 15) is 4.79 Å². The van der Waals surface area contributed by atoms with Gasteiger partial charge >= 0.3 is 0 Å². The van der Waals surface area contributed by atoms with E-state index in [2.05, 4.69) is 0 Å². The number of halogens is 2. The Morgan fingerprint density at radius 3 is 2.75 bits per heavy atom. The average molecular weight is 260 g/mol. The molecule has 1 rings (SSSR count). The SMILES string of the molecule is CON(C)C(=O)C=Cc1cccc(Cl)c1Cl. The Balaban J connectivity index is 2.85. The van der Waals surface area contributed by atoms with Crippen LogP contribution in [-0.4, -0.2) is 25.1 Å². The molecule has 1 aromatic carbocycles. The summed E-state index contributed by atoms with van der Waals surface area (Å²) in [5.41, 5.74) is 0.687. The summed E-state index contributed by atoms with van der Waals surface area (Å²) >= 11 is 11.8. The number of nitrogens with zero attached hydrogens (tertiary/aromatic N) is 1. The zero-order valence-electron chi connectivity index (χ0n) is 8.91. The predicted molar refractivity (Wildman–Crippen MR) is 65.3 cm³/mol. The number of hydrogen-bond acceptors (Lipinski definition) is 2. The molecular weight excluding hydrogens is 249 g/mol. The van der Waals surface area contributed by atoms with Crippen molar-refractivity contribution >= 4 is 35.2 Å². The normalized spacial score (nSPS) is 10.8. The van der Waals surface area contributed by atoms with E-state index < -0.39 is 0 Å². The van der Waals surface area contributed by atoms with Gasteiger partial charge < -0.3 is 0 Å². The van der Waals surface area contributed by atoms with Crippen LogP contribution in [0.2, 0.25) is 10.0 Å². The van der Waals surface area contributed by atoms with E-state index >= 15 is 0 Å². The van der Waals surface area contributed by atoms with Gasteiger partial charge in [-0.25, -0.2) is 5.06 Å². The van der Waals surface area contributed by atoms with Crippen LogP contribution in [0.15, 0.2) is 24.3 Å². The van der Waals surface area contributed by atoms with Gasteiger partial charge in [-0.2, -0.15) is 0 Å². The van der Waals surface area contributed by atoms with Gasteiger partial charge in [0.2, 0.25) is 0 Å². The first kappa shape index (κ1) is 13.0. The third-order valence-electron chi connectivity index (χ3n) is 1.97. The van der Waals surface area contributed by atoms with Crippen LogP contribution in [0.5, 0.6) is 0 Å². The van der Waals surface area contributed by atoms with Crippen molar-refractivity contribution in [2.24, 2.45) is 0 Å². The average Bonchev–Trinajstić information content (AvgIpc) is 2.29. The highest BCUT2D eigenvalue weighted by atomic mass is 35.5. The number of amides is 1. The molecule has 0 aliphatic rings. The van der Waals surface area contributed by atoms with Crippen LogP contribution in [0.1, 0.15) is 5.56 Å². The van der Waals surface area contributed by atoms with Crippen molar-refractivity contribution in [2.45, 2.75) is 0 Å². The smallest absolute Gasteiger partial charge is 0.269 e. The number of likely N-dealkylation sites (N-methyl/N-ethyl adjacent to an activating group) is 1. The Morgan fingerprint density at radius 2 is 2.12 bits per heavy atom. The molecule has 1 amide bonds. The first-order chi connectivity index (χ1) is 7.56. The molecule has 5 heteroatoms. The molecule has 0 saturated carbocycles. The number of carbonyl (C=O) groups excluding carboxylic acids is 1. The van der Waals surface area contributed by atoms with Crippen molar-refractivity contribution in [3.63, 3.8) is 0 Å². The first-order valence-corrected chi connectivity index (χ1v) is 5.25. The quantitative estimate of drug-likeness (QED) is 0.617. The van der Waals surface area contributed by atoms with Crippen molar-refractivity contribution in [2.75, 3.05) is 14.2 Å². The van der Waals surface area contributed by atoms with Gasteiger partial charge in [0.1, 0.15) is 0 Å². The summed E-state index contributed by atoms with van der Waals surface area (Å²) in [5, 5.41) is 1.99. The maximum Gasteiger partial charge on any atom is 0.269 e. The van der Waals surface area contributed by atoms with Gasteiger partial charge in [0.15, 0.2) is 0 Å². The summed E-state index contributed by atoms with van der Waals surface area (Å²) < 4.78 is 0. The Kier molecular flexibility index (Phi) is 4.80. The van der Waals surface area contributed by atoms with E-state index in [-0.39, 0.29) is 5.91 Å². The molecule has 0 N–H and O–H groups in total. The van der Waals surface area contributed by atoms with Crippen LogP contribution in [0.25, 0.3) is 6.08 Å². The van der Waals surface area contributed by atoms with Crippen molar-refractivity contribution in [1.29, 1.82) is 0 Å². The Hall–Kier alpha value is -1.03. The fraction of sp³-hybridized carbons (Fsp3) is 0.182. The second kappa shape index (κ2) is 5.89. The molecule has 0 atom stereocenters. The Labute approximate surface area is 104 Å². The fourth-order valence-corrected chi connectivity index (χ4v) is 1.38. The lowest BCUT2D eigenvalue weighted by Crippen LogP contribution is -2.22. The molecule has 0 unspecified atom stereocenters. The number of hydroxylamine groups is 2. The van der Waals surface area contributed by atoms with Gasteiger partial charge in [-0.15, -0.1) is 0 Å². The van der Waals surface area contributed by atoms with Crippen LogP contribution in [0.4, 0.5) is 0 Å². The molecule has 0 aliphatic carbocycles. The first-order valence-electron chi connectivity index (χ1n) is 4.50. The molecule has 0 aromatic heterocycles. The van der Waals surface area contributed by atoms with E-state index in [0.29, 0.717) is 15.6 Å².